The summed E-state index contributed by atoms with van der Waals surface area (Å²) >= 11 is 0. The summed E-state index contributed by atoms with van der Waals surface area (Å²) in [6, 6.07) is 5.87. The average molecular weight is 191 g/mol. The van der Waals surface area contributed by atoms with Crippen LogP contribution in [0.1, 0.15) is 11.1 Å². The number of carbonyl (C=O) groups is 1. The predicted octanol–water partition coefficient (Wildman–Crippen LogP) is 1.21. The Balaban J connectivity index is 2.37. The van der Waals surface area contributed by atoms with Gasteiger partial charge in [0.15, 0.2) is 0 Å². The van der Waals surface area contributed by atoms with Gasteiger partial charge < -0.3 is 9.64 Å². The second-order valence-corrected chi connectivity index (χ2v) is 3.56. The predicted molar refractivity (Wildman–Crippen MR) is 53.2 cm³/mol. The molecule has 1 aromatic rings. The average Bonchev–Trinajstić information content (AvgIpc) is 2.19. The van der Waals surface area contributed by atoms with Crippen molar-refractivity contribution in [2.45, 2.75) is 13.0 Å². The Morgan fingerprint density at radius 3 is 2.86 bits per heavy atom. The second-order valence-electron chi connectivity index (χ2n) is 3.56. The Labute approximate surface area is 83.3 Å². The molecule has 0 aromatic heterocycles. The molecule has 1 aliphatic rings. The van der Waals surface area contributed by atoms with Crippen molar-refractivity contribution in [3.05, 3.63) is 29.3 Å². The largest absolute Gasteiger partial charge is 0.497 e. The molecule has 14 heavy (non-hydrogen) atoms. The molecule has 1 heterocycles. The molecule has 0 unspecified atom stereocenters. The standard InChI is InChI=1S/C11H13NO2/c1-12-7-9-5-10(14-2)4-3-8(9)6-11(12)13/h3-5H,6-7H2,1-2H3. The van der Waals surface area contributed by atoms with E-state index >= 15 is 0 Å². The Morgan fingerprint density at radius 1 is 1.36 bits per heavy atom. The van der Waals surface area contributed by atoms with Gasteiger partial charge in [-0.05, 0) is 23.3 Å². The van der Waals surface area contributed by atoms with E-state index in [1.807, 2.05) is 25.2 Å². The highest BCUT2D eigenvalue weighted by molar-refractivity contribution is 5.80. The normalized spacial score (nSPS) is 15.3. The van der Waals surface area contributed by atoms with E-state index in [4.69, 9.17) is 4.74 Å². The van der Waals surface area contributed by atoms with Crippen LogP contribution in [0.15, 0.2) is 18.2 Å². The number of likely N-dealkylation sites (N-methyl/N-ethyl adjacent to an activating group) is 1. The fourth-order valence-electron chi connectivity index (χ4n) is 1.69. The van der Waals surface area contributed by atoms with Crippen molar-refractivity contribution in [3.8, 4) is 5.75 Å². The van der Waals surface area contributed by atoms with E-state index in [1.54, 1.807) is 12.0 Å². The summed E-state index contributed by atoms with van der Waals surface area (Å²) in [7, 11) is 3.48. The SMILES string of the molecule is COc1ccc2c(c1)CN(C)C(=O)C2. The van der Waals surface area contributed by atoms with Gasteiger partial charge in [0.1, 0.15) is 5.75 Å². The van der Waals surface area contributed by atoms with Crippen molar-refractivity contribution >= 4 is 5.91 Å². The number of ether oxygens (including phenoxy) is 1. The highest BCUT2D eigenvalue weighted by atomic mass is 16.5. The molecule has 0 saturated heterocycles. The first kappa shape index (κ1) is 9.06. The maximum atomic E-state index is 11.4. The minimum Gasteiger partial charge on any atom is -0.497 e. The Bertz CT molecular complexity index is 374. The summed E-state index contributed by atoms with van der Waals surface area (Å²) in [5.74, 6) is 1.04. The summed E-state index contributed by atoms with van der Waals surface area (Å²) in [5.41, 5.74) is 2.31. The zero-order valence-electron chi connectivity index (χ0n) is 8.41. The second kappa shape index (κ2) is 3.33. The van der Waals surface area contributed by atoms with Crippen molar-refractivity contribution in [3.63, 3.8) is 0 Å². The van der Waals surface area contributed by atoms with E-state index in [2.05, 4.69) is 0 Å². The number of carbonyl (C=O) groups excluding carboxylic acids is 1. The summed E-state index contributed by atoms with van der Waals surface area (Å²) in [5, 5.41) is 0. The molecule has 1 amide bonds. The third-order valence-corrected chi connectivity index (χ3v) is 2.59. The number of benzene rings is 1. The van der Waals surface area contributed by atoms with Crippen LogP contribution in [0.2, 0.25) is 0 Å². The lowest BCUT2D eigenvalue weighted by molar-refractivity contribution is -0.130. The molecule has 0 saturated carbocycles. The Morgan fingerprint density at radius 2 is 2.14 bits per heavy atom. The molecule has 0 spiro atoms. The third-order valence-electron chi connectivity index (χ3n) is 2.59. The van der Waals surface area contributed by atoms with Gasteiger partial charge in [0.25, 0.3) is 0 Å². The summed E-state index contributed by atoms with van der Waals surface area (Å²) in [4.78, 5) is 13.1. The minimum atomic E-state index is 0.183. The van der Waals surface area contributed by atoms with E-state index in [0.717, 1.165) is 11.3 Å². The highest BCUT2D eigenvalue weighted by Gasteiger charge is 2.19. The lowest BCUT2D eigenvalue weighted by Crippen LogP contribution is -2.32. The maximum absolute atomic E-state index is 11.4. The fraction of sp³-hybridized carbons (Fsp3) is 0.364. The van der Waals surface area contributed by atoms with Crippen molar-refractivity contribution in [1.82, 2.24) is 4.90 Å². The summed E-state index contributed by atoms with van der Waals surface area (Å²) in [6.07, 6.45) is 0.510. The maximum Gasteiger partial charge on any atom is 0.227 e. The number of nitrogens with zero attached hydrogens (tertiary/aromatic N) is 1. The number of hydrogen-bond acceptors (Lipinski definition) is 2. The highest BCUT2D eigenvalue weighted by Crippen LogP contribution is 2.23. The van der Waals surface area contributed by atoms with E-state index < -0.39 is 0 Å². The molecule has 0 aliphatic carbocycles. The van der Waals surface area contributed by atoms with Gasteiger partial charge in [0.05, 0.1) is 13.5 Å². The first-order chi connectivity index (χ1) is 6.70. The van der Waals surface area contributed by atoms with Crippen LogP contribution in [0.25, 0.3) is 0 Å². The molecular formula is C11H13NO2. The van der Waals surface area contributed by atoms with Crippen molar-refractivity contribution in [2.24, 2.45) is 0 Å². The smallest absolute Gasteiger partial charge is 0.227 e. The third kappa shape index (κ3) is 1.45. The van der Waals surface area contributed by atoms with E-state index in [0.29, 0.717) is 13.0 Å². The molecule has 0 radical (unpaired) electrons. The quantitative estimate of drug-likeness (QED) is 0.667. The van der Waals surface area contributed by atoms with Crippen LogP contribution in [0.3, 0.4) is 0 Å². The van der Waals surface area contributed by atoms with Gasteiger partial charge >= 0.3 is 0 Å². The van der Waals surface area contributed by atoms with Crippen molar-refractivity contribution < 1.29 is 9.53 Å². The van der Waals surface area contributed by atoms with Gasteiger partial charge in [-0.15, -0.1) is 0 Å². The molecule has 1 aliphatic heterocycles. The summed E-state index contributed by atoms with van der Waals surface area (Å²) < 4.78 is 5.14. The molecule has 3 nitrogen and oxygen atoms in total. The monoisotopic (exact) mass is 191 g/mol. The number of methoxy groups -OCH3 is 1. The number of amides is 1. The molecule has 1 aromatic carbocycles. The molecule has 0 bridgehead atoms. The summed E-state index contributed by atoms with van der Waals surface area (Å²) in [6.45, 7) is 0.686. The van der Waals surface area contributed by atoms with Crippen LogP contribution in [-0.2, 0) is 17.8 Å². The Hall–Kier alpha value is -1.51. The molecule has 0 atom stereocenters. The van der Waals surface area contributed by atoms with Crippen molar-refractivity contribution in [2.75, 3.05) is 14.2 Å². The van der Waals surface area contributed by atoms with Crippen LogP contribution >= 0.6 is 0 Å². The van der Waals surface area contributed by atoms with E-state index in [-0.39, 0.29) is 5.91 Å². The Kier molecular flexibility index (Phi) is 2.15. The zero-order chi connectivity index (χ0) is 10.1. The number of hydrogen-bond donors (Lipinski definition) is 0. The van der Waals surface area contributed by atoms with Crippen LogP contribution < -0.4 is 4.74 Å². The van der Waals surface area contributed by atoms with Gasteiger partial charge in [-0.1, -0.05) is 6.07 Å². The van der Waals surface area contributed by atoms with Gasteiger partial charge in [-0.25, -0.2) is 0 Å². The first-order valence-corrected chi connectivity index (χ1v) is 4.60. The molecule has 0 N–H and O–H groups in total. The van der Waals surface area contributed by atoms with Gasteiger partial charge in [0.2, 0.25) is 5.91 Å². The molecule has 74 valence electrons. The fourth-order valence-corrected chi connectivity index (χ4v) is 1.69. The van der Waals surface area contributed by atoms with Crippen LogP contribution in [-0.4, -0.2) is 25.0 Å². The molecule has 0 fully saturated rings. The molecule has 3 heteroatoms. The van der Waals surface area contributed by atoms with E-state index in [9.17, 15) is 4.79 Å². The van der Waals surface area contributed by atoms with Crippen LogP contribution in [0, 0.1) is 0 Å². The lowest BCUT2D eigenvalue weighted by atomic mass is 9.99. The van der Waals surface area contributed by atoms with Crippen LogP contribution in [0.5, 0.6) is 5.75 Å². The van der Waals surface area contributed by atoms with Crippen molar-refractivity contribution in [1.29, 1.82) is 0 Å². The first-order valence-electron chi connectivity index (χ1n) is 4.60. The number of rotatable bonds is 1. The van der Waals surface area contributed by atoms with Gasteiger partial charge in [-0.3, -0.25) is 4.79 Å². The van der Waals surface area contributed by atoms with Gasteiger partial charge in [0, 0.05) is 13.6 Å². The topological polar surface area (TPSA) is 29.5 Å². The number of fused-ring (bicyclic) bond motifs is 1. The minimum absolute atomic E-state index is 0.183. The molecular weight excluding hydrogens is 178 g/mol. The molecule has 2 rings (SSSR count). The lowest BCUT2D eigenvalue weighted by Gasteiger charge is -2.25. The van der Waals surface area contributed by atoms with Crippen LogP contribution in [0.4, 0.5) is 0 Å². The zero-order valence-corrected chi connectivity index (χ0v) is 8.41. The van der Waals surface area contributed by atoms with Gasteiger partial charge in [-0.2, -0.15) is 0 Å². The van der Waals surface area contributed by atoms with E-state index in [1.165, 1.54) is 5.56 Å².